The van der Waals surface area contributed by atoms with Crippen LogP contribution in [0, 0.1) is 5.82 Å². The van der Waals surface area contributed by atoms with Gasteiger partial charge in [-0.3, -0.25) is 9.59 Å². The van der Waals surface area contributed by atoms with Crippen LogP contribution in [0.2, 0.25) is 5.02 Å². The lowest BCUT2D eigenvalue weighted by molar-refractivity contribution is -0.116. The van der Waals surface area contributed by atoms with Gasteiger partial charge >= 0.3 is 0 Å². The first-order chi connectivity index (χ1) is 11.5. The van der Waals surface area contributed by atoms with Gasteiger partial charge in [0, 0.05) is 29.2 Å². The standard InChI is InChI=1S/C17H15Cl2FN2O2/c18-8-2-5-16(23)21-12-4-1-3-11(9-12)17(24)22-13-6-7-15(20)14(19)10-13/h1,3-4,6-7,9-10H,2,5,8H2,(H,21,23)(H,22,24). The molecule has 0 aliphatic rings. The molecule has 2 rings (SSSR count). The fourth-order valence-corrected chi connectivity index (χ4v) is 2.28. The molecule has 0 radical (unpaired) electrons. The molecule has 0 bridgehead atoms. The first kappa shape index (κ1) is 18.2. The summed E-state index contributed by atoms with van der Waals surface area (Å²) >= 11 is 11.2. The van der Waals surface area contributed by atoms with Crippen molar-refractivity contribution in [2.24, 2.45) is 0 Å². The molecule has 2 aromatic rings. The molecule has 0 atom stereocenters. The molecule has 4 nitrogen and oxygen atoms in total. The van der Waals surface area contributed by atoms with Gasteiger partial charge in [0.15, 0.2) is 0 Å². The molecule has 0 aromatic heterocycles. The Labute approximate surface area is 149 Å². The average Bonchev–Trinajstić information content (AvgIpc) is 2.56. The lowest BCUT2D eigenvalue weighted by Gasteiger charge is -2.09. The van der Waals surface area contributed by atoms with Crippen LogP contribution in [-0.4, -0.2) is 17.7 Å². The second-order valence-electron chi connectivity index (χ2n) is 5.00. The van der Waals surface area contributed by atoms with Gasteiger partial charge in [0.2, 0.25) is 5.91 Å². The number of amides is 2. The van der Waals surface area contributed by atoms with Gasteiger partial charge in [0.1, 0.15) is 5.82 Å². The predicted octanol–water partition coefficient (Wildman–Crippen LogP) is 4.69. The van der Waals surface area contributed by atoms with Gasteiger partial charge in [-0.2, -0.15) is 0 Å². The van der Waals surface area contributed by atoms with E-state index in [9.17, 15) is 14.0 Å². The zero-order chi connectivity index (χ0) is 17.5. The molecule has 7 heteroatoms. The number of nitrogens with one attached hydrogen (secondary N) is 2. The molecule has 2 aromatic carbocycles. The van der Waals surface area contributed by atoms with Crippen molar-refractivity contribution in [1.82, 2.24) is 0 Å². The number of rotatable bonds is 6. The quantitative estimate of drug-likeness (QED) is 0.726. The monoisotopic (exact) mass is 368 g/mol. The largest absolute Gasteiger partial charge is 0.326 e. The van der Waals surface area contributed by atoms with Crippen LogP contribution in [0.3, 0.4) is 0 Å². The van der Waals surface area contributed by atoms with E-state index < -0.39 is 11.7 Å². The maximum Gasteiger partial charge on any atom is 0.255 e. The highest BCUT2D eigenvalue weighted by molar-refractivity contribution is 6.31. The minimum Gasteiger partial charge on any atom is -0.326 e. The molecule has 2 N–H and O–H groups in total. The third-order valence-electron chi connectivity index (χ3n) is 3.12. The van der Waals surface area contributed by atoms with Crippen molar-refractivity contribution in [3.8, 4) is 0 Å². The van der Waals surface area contributed by atoms with Gasteiger partial charge in [0.05, 0.1) is 5.02 Å². The van der Waals surface area contributed by atoms with Crippen LogP contribution >= 0.6 is 23.2 Å². The smallest absolute Gasteiger partial charge is 0.255 e. The second-order valence-corrected chi connectivity index (χ2v) is 5.79. The molecule has 0 aliphatic carbocycles. The lowest BCUT2D eigenvalue weighted by Crippen LogP contribution is -2.14. The summed E-state index contributed by atoms with van der Waals surface area (Å²) in [6, 6.07) is 10.4. The Morgan fingerprint density at radius 2 is 1.79 bits per heavy atom. The van der Waals surface area contributed by atoms with Crippen molar-refractivity contribution in [3.05, 3.63) is 58.9 Å². The normalized spacial score (nSPS) is 10.3. The third kappa shape index (κ3) is 5.22. The van der Waals surface area contributed by atoms with Gasteiger partial charge in [0.25, 0.3) is 5.91 Å². The second kappa shape index (κ2) is 8.66. The minimum atomic E-state index is -0.559. The van der Waals surface area contributed by atoms with Crippen molar-refractivity contribution in [2.75, 3.05) is 16.5 Å². The van der Waals surface area contributed by atoms with E-state index in [-0.39, 0.29) is 10.9 Å². The summed E-state index contributed by atoms with van der Waals surface area (Å²) in [4.78, 5) is 23.9. The van der Waals surface area contributed by atoms with E-state index in [1.807, 2.05) is 0 Å². The summed E-state index contributed by atoms with van der Waals surface area (Å²) in [6.45, 7) is 0. The molecule has 24 heavy (non-hydrogen) atoms. The molecule has 126 valence electrons. The molecule has 0 heterocycles. The van der Waals surface area contributed by atoms with E-state index in [4.69, 9.17) is 23.2 Å². The van der Waals surface area contributed by atoms with Crippen molar-refractivity contribution < 1.29 is 14.0 Å². The van der Waals surface area contributed by atoms with Crippen molar-refractivity contribution in [2.45, 2.75) is 12.8 Å². The number of hydrogen-bond acceptors (Lipinski definition) is 2. The Kier molecular flexibility index (Phi) is 6.58. The number of alkyl halides is 1. The Balaban J connectivity index is 2.05. The Hall–Kier alpha value is -2.11. The number of benzene rings is 2. The number of hydrogen-bond donors (Lipinski definition) is 2. The SMILES string of the molecule is O=C(CCCCl)Nc1cccc(C(=O)Nc2ccc(F)c(Cl)c2)c1. The van der Waals surface area contributed by atoms with Crippen LogP contribution in [0.4, 0.5) is 15.8 Å². The first-order valence-electron chi connectivity index (χ1n) is 7.22. The molecule has 0 spiro atoms. The van der Waals surface area contributed by atoms with Gasteiger partial charge in [-0.1, -0.05) is 17.7 Å². The van der Waals surface area contributed by atoms with Crippen LogP contribution < -0.4 is 10.6 Å². The first-order valence-corrected chi connectivity index (χ1v) is 8.13. The lowest BCUT2D eigenvalue weighted by atomic mass is 10.1. The fraction of sp³-hybridized carbons (Fsp3) is 0.176. The number of carbonyl (C=O) groups is 2. The Morgan fingerprint density at radius 3 is 2.50 bits per heavy atom. The maximum absolute atomic E-state index is 13.1. The van der Waals surface area contributed by atoms with E-state index in [0.29, 0.717) is 35.7 Å². The topological polar surface area (TPSA) is 58.2 Å². The number of carbonyl (C=O) groups excluding carboxylic acids is 2. The van der Waals surface area contributed by atoms with Gasteiger partial charge in [-0.15, -0.1) is 11.6 Å². The highest BCUT2D eigenvalue weighted by Crippen LogP contribution is 2.20. The summed E-state index contributed by atoms with van der Waals surface area (Å²) in [6.07, 6.45) is 0.896. The Morgan fingerprint density at radius 1 is 1.04 bits per heavy atom. The molecule has 0 saturated heterocycles. The number of halogens is 3. The van der Waals surface area contributed by atoms with Crippen LogP contribution in [0.5, 0.6) is 0 Å². The van der Waals surface area contributed by atoms with Gasteiger partial charge in [-0.05, 0) is 42.8 Å². The maximum atomic E-state index is 13.1. The predicted molar refractivity (Wildman–Crippen MR) is 94.4 cm³/mol. The summed E-state index contributed by atoms with van der Waals surface area (Å²) in [5.74, 6) is -0.708. The van der Waals surface area contributed by atoms with Gasteiger partial charge < -0.3 is 10.6 Å². The molecular weight excluding hydrogens is 354 g/mol. The van der Waals surface area contributed by atoms with Gasteiger partial charge in [-0.25, -0.2) is 4.39 Å². The third-order valence-corrected chi connectivity index (χ3v) is 3.68. The van der Waals surface area contributed by atoms with Crippen molar-refractivity contribution >= 4 is 46.4 Å². The Bertz CT molecular complexity index is 753. The van der Waals surface area contributed by atoms with E-state index in [0.717, 1.165) is 0 Å². The molecular formula is C17H15Cl2FN2O2. The summed E-state index contributed by atoms with van der Waals surface area (Å²) in [7, 11) is 0. The zero-order valence-electron chi connectivity index (χ0n) is 12.6. The van der Waals surface area contributed by atoms with Crippen molar-refractivity contribution in [3.63, 3.8) is 0 Å². The van der Waals surface area contributed by atoms with E-state index in [2.05, 4.69) is 10.6 Å². The summed E-state index contributed by atoms with van der Waals surface area (Å²) in [5.41, 5.74) is 1.24. The van der Waals surface area contributed by atoms with Crippen LogP contribution in [0.1, 0.15) is 23.2 Å². The van der Waals surface area contributed by atoms with E-state index in [1.54, 1.807) is 24.3 Å². The number of anilines is 2. The summed E-state index contributed by atoms with van der Waals surface area (Å²) < 4.78 is 13.1. The van der Waals surface area contributed by atoms with Crippen LogP contribution in [0.15, 0.2) is 42.5 Å². The summed E-state index contributed by atoms with van der Waals surface area (Å²) in [5, 5.41) is 5.25. The fourth-order valence-electron chi connectivity index (χ4n) is 1.97. The van der Waals surface area contributed by atoms with Crippen LogP contribution in [-0.2, 0) is 4.79 Å². The van der Waals surface area contributed by atoms with Crippen molar-refractivity contribution in [1.29, 1.82) is 0 Å². The molecule has 0 unspecified atom stereocenters. The highest BCUT2D eigenvalue weighted by atomic mass is 35.5. The van der Waals surface area contributed by atoms with E-state index in [1.165, 1.54) is 18.2 Å². The van der Waals surface area contributed by atoms with Crippen LogP contribution in [0.25, 0.3) is 0 Å². The minimum absolute atomic E-state index is 0.0758. The zero-order valence-corrected chi connectivity index (χ0v) is 14.1. The molecule has 2 amide bonds. The molecule has 0 saturated carbocycles. The highest BCUT2D eigenvalue weighted by Gasteiger charge is 2.09. The van der Waals surface area contributed by atoms with E-state index >= 15 is 0 Å². The molecule has 0 fully saturated rings. The average molecular weight is 369 g/mol. The molecule has 0 aliphatic heterocycles.